The summed E-state index contributed by atoms with van der Waals surface area (Å²) in [4.78, 5) is 0. The van der Waals surface area contributed by atoms with Gasteiger partial charge in [0, 0.05) is 19.4 Å². The predicted molar refractivity (Wildman–Crippen MR) is 85.7 cm³/mol. The Morgan fingerprint density at radius 1 is 0.895 bits per heavy atom. The number of hydrogen-bond acceptors (Lipinski definition) is 0. The molecule has 0 aliphatic carbocycles. The van der Waals surface area contributed by atoms with E-state index in [1.807, 2.05) is 0 Å². The molecule has 0 bridgehead atoms. The minimum absolute atomic E-state index is 0.801. The third-order valence-electron chi connectivity index (χ3n) is 4.14. The first kappa shape index (κ1) is 16.3. The lowest BCUT2D eigenvalue weighted by Crippen LogP contribution is -1.99. The first-order valence-electron chi connectivity index (χ1n) is 8.39. The van der Waals surface area contributed by atoms with Crippen LogP contribution in [0.15, 0.2) is 18.5 Å². The van der Waals surface area contributed by atoms with Gasteiger partial charge in [-0.2, -0.15) is 0 Å². The number of rotatable bonds is 11. The zero-order valence-corrected chi connectivity index (χ0v) is 13.3. The Kier molecular flexibility index (Phi) is 8.69. The third kappa shape index (κ3) is 6.84. The maximum Gasteiger partial charge on any atom is 0.0106 e. The number of unbranched alkanes of at least 4 members (excludes halogenated alkanes) is 6. The topological polar surface area (TPSA) is 4.93 Å². The smallest absolute Gasteiger partial charge is 0.0106 e. The van der Waals surface area contributed by atoms with Crippen LogP contribution in [-0.4, -0.2) is 4.57 Å². The van der Waals surface area contributed by atoms with Crippen molar-refractivity contribution in [2.24, 2.45) is 7.05 Å². The molecule has 0 spiro atoms. The Balaban J connectivity index is 2.38. The molecule has 1 heteroatoms. The molecule has 0 aliphatic rings. The molecule has 0 N–H and O–H groups in total. The molecular weight excluding hydrogens is 230 g/mol. The van der Waals surface area contributed by atoms with E-state index in [1.54, 1.807) is 5.56 Å². The minimum atomic E-state index is 0.801. The van der Waals surface area contributed by atoms with E-state index in [0.29, 0.717) is 0 Å². The number of aryl methyl sites for hydroxylation is 1. The van der Waals surface area contributed by atoms with Gasteiger partial charge in [-0.3, -0.25) is 0 Å². The van der Waals surface area contributed by atoms with E-state index >= 15 is 0 Å². The van der Waals surface area contributed by atoms with Gasteiger partial charge in [-0.05, 0) is 30.4 Å². The minimum Gasteiger partial charge on any atom is -0.357 e. The van der Waals surface area contributed by atoms with Crippen LogP contribution in [0.3, 0.4) is 0 Å². The van der Waals surface area contributed by atoms with Crippen molar-refractivity contribution in [3.63, 3.8) is 0 Å². The molecule has 0 amide bonds. The zero-order chi connectivity index (χ0) is 13.9. The molecule has 0 radical (unpaired) electrons. The Bertz CT molecular complexity index is 301. The standard InChI is InChI=1S/C18H33N/c1-4-6-8-10-12-17(13-11-9-7-5-2)18-14-15-19(3)16-18/h14-17H,4-13H2,1-3H3. The van der Waals surface area contributed by atoms with Crippen LogP contribution >= 0.6 is 0 Å². The van der Waals surface area contributed by atoms with Crippen molar-refractivity contribution in [1.29, 1.82) is 0 Å². The average molecular weight is 263 g/mol. The molecule has 0 fully saturated rings. The van der Waals surface area contributed by atoms with Crippen LogP contribution in [-0.2, 0) is 7.05 Å². The van der Waals surface area contributed by atoms with Gasteiger partial charge >= 0.3 is 0 Å². The van der Waals surface area contributed by atoms with Crippen LogP contribution in [0.25, 0.3) is 0 Å². The summed E-state index contributed by atoms with van der Waals surface area (Å²) in [6.07, 6.45) is 18.4. The Morgan fingerprint density at radius 3 is 1.89 bits per heavy atom. The summed E-state index contributed by atoms with van der Waals surface area (Å²) in [7, 11) is 2.13. The quantitative estimate of drug-likeness (QED) is 0.428. The largest absolute Gasteiger partial charge is 0.357 e. The van der Waals surface area contributed by atoms with Gasteiger partial charge in [0.2, 0.25) is 0 Å². The lowest BCUT2D eigenvalue weighted by molar-refractivity contribution is 0.496. The second-order valence-electron chi connectivity index (χ2n) is 6.01. The van der Waals surface area contributed by atoms with E-state index in [9.17, 15) is 0 Å². The summed E-state index contributed by atoms with van der Waals surface area (Å²) in [5.74, 6) is 0.801. The Labute approximate surface area is 120 Å². The molecule has 110 valence electrons. The highest BCUT2D eigenvalue weighted by Gasteiger charge is 2.12. The first-order chi connectivity index (χ1) is 9.27. The Hall–Kier alpha value is -0.720. The predicted octanol–water partition coefficient (Wildman–Crippen LogP) is 6.05. The summed E-state index contributed by atoms with van der Waals surface area (Å²) in [6.45, 7) is 4.58. The van der Waals surface area contributed by atoms with Gasteiger partial charge in [0.05, 0.1) is 0 Å². The van der Waals surface area contributed by atoms with Crippen LogP contribution in [0.4, 0.5) is 0 Å². The summed E-state index contributed by atoms with van der Waals surface area (Å²) < 4.78 is 2.19. The molecule has 1 rings (SSSR count). The lowest BCUT2D eigenvalue weighted by Gasteiger charge is -2.15. The van der Waals surface area contributed by atoms with Gasteiger partial charge in [-0.15, -0.1) is 0 Å². The third-order valence-corrected chi connectivity index (χ3v) is 4.14. The van der Waals surface area contributed by atoms with E-state index < -0.39 is 0 Å². The molecule has 0 atom stereocenters. The number of nitrogens with zero attached hydrogens (tertiary/aromatic N) is 1. The highest BCUT2D eigenvalue weighted by Crippen LogP contribution is 2.28. The summed E-state index contributed by atoms with van der Waals surface area (Å²) in [5, 5.41) is 0. The van der Waals surface area contributed by atoms with Crippen molar-refractivity contribution in [3.8, 4) is 0 Å². The van der Waals surface area contributed by atoms with Crippen LogP contribution in [0.5, 0.6) is 0 Å². The zero-order valence-electron chi connectivity index (χ0n) is 13.3. The van der Waals surface area contributed by atoms with Gasteiger partial charge < -0.3 is 4.57 Å². The highest BCUT2D eigenvalue weighted by molar-refractivity contribution is 5.15. The second kappa shape index (κ2) is 10.1. The molecule has 0 aromatic carbocycles. The van der Waals surface area contributed by atoms with E-state index in [0.717, 1.165) is 5.92 Å². The monoisotopic (exact) mass is 263 g/mol. The SMILES string of the molecule is CCCCCCC(CCCCCC)c1ccn(C)c1. The first-order valence-corrected chi connectivity index (χ1v) is 8.39. The van der Waals surface area contributed by atoms with Gasteiger partial charge in [0.1, 0.15) is 0 Å². The van der Waals surface area contributed by atoms with Crippen LogP contribution in [0.1, 0.15) is 89.5 Å². The summed E-state index contributed by atoms with van der Waals surface area (Å²) >= 11 is 0. The molecule has 0 unspecified atom stereocenters. The highest BCUT2D eigenvalue weighted by atomic mass is 14.9. The van der Waals surface area contributed by atoms with E-state index in [2.05, 4.69) is 43.9 Å². The van der Waals surface area contributed by atoms with Crippen molar-refractivity contribution >= 4 is 0 Å². The van der Waals surface area contributed by atoms with Gasteiger partial charge in [0.15, 0.2) is 0 Å². The fourth-order valence-corrected chi connectivity index (χ4v) is 2.88. The fourth-order valence-electron chi connectivity index (χ4n) is 2.88. The molecule has 1 nitrogen and oxygen atoms in total. The summed E-state index contributed by atoms with van der Waals surface area (Å²) in [5.41, 5.74) is 1.57. The number of hydrogen-bond donors (Lipinski definition) is 0. The molecule has 0 saturated carbocycles. The van der Waals surface area contributed by atoms with Crippen molar-refractivity contribution in [2.45, 2.75) is 84.0 Å². The molecule has 1 heterocycles. The van der Waals surface area contributed by atoms with Crippen molar-refractivity contribution in [1.82, 2.24) is 4.57 Å². The molecule has 0 aliphatic heterocycles. The maximum atomic E-state index is 2.32. The normalized spacial score (nSPS) is 11.4. The maximum absolute atomic E-state index is 2.32. The molecule has 1 aromatic rings. The Morgan fingerprint density at radius 2 is 1.47 bits per heavy atom. The molecule has 19 heavy (non-hydrogen) atoms. The van der Waals surface area contributed by atoms with Crippen LogP contribution in [0, 0.1) is 0 Å². The fraction of sp³-hybridized carbons (Fsp3) is 0.778. The molecular formula is C18H33N. The van der Waals surface area contributed by atoms with Crippen LogP contribution in [0.2, 0.25) is 0 Å². The van der Waals surface area contributed by atoms with E-state index in [-0.39, 0.29) is 0 Å². The lowest BCUT2D eigenvalue weighted by atomic mass is 9.90. The van der Waals surface area contributed by atoms with Crippen molar-refractivity contribution in [3.05, 3.63) is 24.0 Å². The van der Waals surface area contributed by atoms with E-state index in [4.69, 9.17) is 0 Å². The average Bonchev–Trinajstić information content (AvgIpc) is 2.83. The van der Waals surface area contributed by atoms with E-state index in [1.165, 1.54) is 64.2 Å². The second-order valence-corrected chi connectivity index (χ2v) is 6.01. The van der Waals surface area contributed by atoms with Gasteiger partial charge in [-0.1, -0.05) is 65.2 Å². The van der Waals surface area contributed by atoms with Gasteiger partial charge in [0.25, 0.3) is 0 Å². The van der Waals surface area contributed by atoms with Crippen molar-refractivity contribution in [2.75, 3.05) is 0 Å². The number of aromatic nitrogens is 1. The van der Waals surface area contributed by atoms with Crippen LogP contribution < -0.4 is 0 Å². The van der Waals surface area contributed by atoms with Crippen molar-refractivity contribution < 1.29 is 0 Å². The molecule has 0 saturated heterocycles. The molecule has 1 aromatic heterocycles. The van der Waals surface area contributed by atoms with Gasteiger partial charge in [-0.25, -0.2) is 0 Å². The summed E-state index contributed by atoms with van der Waals surface area (Å²) in [6, 6.07) is 2.32.